The number of ether oxygens (including phenoxy) is 1. The molecule has 1 aliphatic rings. The maximum atomic E-state index is 11.8. The fraction of sp³-hybridized carbons (Fsp3) is 0.462. The third-order valence-corrected chi connectivity index (χ3v) is 2.97. The largest absolute Gasteiger partial charge is 0.376 e. The zero-order valence-corrected chi connectivity index (χ0v) is 9.76. The highest BCUT2D eigenvalue weighted by Gasteiger charge is 2.19. The molecule has 2 rings (SSSR count). The summed E-state index contributed by atoms with van der Waals surface area (Å²) in [6.07, 6.45) is 2.24. The average Bonchev–Trinajstić information content (AvgIpc) is 2.89. The molecule has 1 aromatic rings. The van der Waals surface area contributed by atoms with Crippen LogP contribution in [-0.4, -0.2) is 25.2 Å². The van der Waals surface area contributed by atoms with Crippen LogP contribution in [0.5, 0.6) is 0 Å². The van der Waals surface area contributed by atoms with Gasteiger partial charge in [0.1, 0.15) is 6.04 Å². The first-order valence-corrected chi connectivity index (χ1v) is 5.97. The molecule has 0 radical (unpaired) electrons. The monoisotopic (exact) mass is 234 g/mol. The molecule has 1 heterocycles. The highest BCUT2D eigenvalue weighted by atomic mass is 16.5. The van der Waals surface area contributed by atoms with Crippen LogP contribution in [0, 0.1) is 0 Å². The molecule has 1 unspecified atom stereocenters. The van der Waals surface area contributed by atoms with E-state index in [1.54, 1.807) is 0 Å². The molecule has 4 nitrogen and oxygen atoms in total. The smallest absolute Gasteiger partial charge is 0.241 e. The van der Waals surface area contributed by atoms with Gasteiger partial charge < -0.3 is 15.8 Å². The highest BCUT2D eigenvalue weighted by molar-refractivity contribution is 5.82. The van der Waals surface area contributed by atoms with Crippen molar-refractivity contribution in [3.63, 3.8) is 0 Å². The van der Waals surface area contributed by atoms with Crippen LogP contribution in [0.15, 0.2) is 30.3 Å². The quantitative estimate of drug-likeness (QED) is 0.816. The van der Waals surface area contributed by atoms with E-state index < -0.39 is 6.04 Å². The fourth-order valence-corrected chi connectivity index (χ4v) is 1.94. The van der Waals surface area contributed by atoms with Crippen LogP contribution in [0.2, 0.25) is 0 Å². The molecule has 17 heavy (non-hydrogen) atoms. The number of nitrogens with one attached hydrogen (secondary N) is 1. The summed E-state index contributed by atoms with van der Waals surface area (Å²) < 4.78 is 5.43. The summed E-state index contributed by atoms with van der Waals surface area (Å²) in [5.41, 5.74) is 6.70. The van der Waals surface area contributed by atoms with E-state index in [9.17, 15) is 4.79 Å². The van der Waals surface area contributed by atoms with Gasteiger partial charge in [-0.15, -0.1) is 0 Å². The maximum Gasteiger partial charge on any atom is 0.241 e. The summed E-state index contributed by atoms with van der Waals surface area (Å²) in [4.78, 5) is 11.8. The summed E-state index contributed by atoms with van der Waals surface area (Å²) in [7, 11) is 0. The van der Waals surface area contributed by atoms with E-state index in [-0.39, 0.29) is 12.0 Å². The summed E-state index contributed by atoms with van der Waals surface area (Å²) >= 11 is 0. The van der Waals surface area contributed by atoms with Crippen LogP contribution in [0.3, 0.4) is 0 Å². The molecule has 1 saturated heterocycles. The van der Waals surface area contributed by atoms with Gasteiger partial charge in [-0.25, -0.2) is 0 Å². The summed E-state index contributed by atoms with van der Waals surface area (Å²) in [5, 5.41) is 2.83. The second kappa shape index (κ2) is 5.80. The third-order valence-electron chi connectivity index (χ3n) is 2.97. The molecular formula is C13H18N2O2. The van der Waals surface area contributed by atoms with Crippen molar-refractivity contribution in [1.29, 1.82) is 0 Å². The summed E-state index contributed by atoms with van der Waals surface area (Å²) in [5.74, 6) is -0.147. The predicted octanol–water partition coefficient (Wildman–Crippen LogP) is 0.982. The number of hydrogen-bond acceptors (Lipinski definition) is 3. The SMILES string of the molecule is N[C@@H](C(=O)NCC1CCCO1)c1ccccc1. The van der Waals surface area contributed by atoms with Crippen molar-refractivity contribution < 1.29 is 9.53 Å². The van der Waals surface area contributed by atoms with Gasteiger partial charge in [0.25, 0.3) is 0 Å². The van der Waals surface area contributed by atoms with Gasteiger partial charge in [-0.3, -0.25) is 4.79 Å². The van der Waals surface area contributed by atoms with E-state index in [0.29, 0.717) is 6.54 Å². The van der Waals surface area contributed by atoms with Gasteiger partial charge in [-0.1, -0.05) is 30.3 Å². The Balaban J connectivity index is 1.83. The molecule has 0 aromatic heterocycles. The number of rotatable bonds is 4. The van der Waals surface area contributed by atoms with E-state index in [1.807, 2.05) is 30.3 Å². The Hall–Kier alpha value is -1.39. The van der Waals surface area contributed by atoms with Gasteiger partial charge in [-0.05, 0) is 18.4 Å². The predicted molar refractivity (Wildman–Crippen MR) is 65.4 cm³/mol. The Morgan fingerprint density at radius 2 is 2.24 bits per heavy atom. The van der Waals surface area contributed by atoms with Crippen molar-refractivity contribution >= 4 is 5.91 Å². The average molecular weight is 234 g/mol. The minimum absolute atomic E-state index is 0.147. The molecule has 0 spiro atoms. The topological polar surface area (TPSA) is 64.4 Å². The molecule has 1 amide bonds. The van der Waals surface area contributed by atoms with Gasteiger partial charge in [0.15, 0.2) is 0 Å². The van der Waals surface area contributed by atoms with E-state index in [1.165, 1.54) is 0 Å². The van der Waals surface area contributed by atoms with Crippen LogP contribution in [-0.2, 0) is 9.53 Å². The van der Waals surface area contributed by atoms with Crippen molar-refractivity contribution in [2.45, 2.75) is 25.0 Å². The van der Waals surface area contributed by atoms with Gasteiger partial charge >= 0.3 is 0 Å². The lowest BCUT2D eigenvalue weighted by atomic mass is 10.1. The minimum Gasteiger partial charge on any atom is -0.376 e. The first kappa shape index (κ1) is 12.1. The van der Waals surface area contributed by atoms with Gasteiger partial charge in [-0.2, -0.15) is 0 Å². The van der Waals surface area contributed by atoms with E-state index in [4.69, 9.17) is 10.5 Å². The van der Waals surface area contributed by atoms with E-state index in [2.05, 4.69) is 5.32 Å². The molecule has 3 N–H and O–H groups in total. The van der Waals surface area contributed by atoms with Crippen molar-refractivity contribution in [3.05, 3.63) is 35.9 Å². The van der Waals surface area contributed by atoms with Gasteiger partial charge in [0.05, 0.1) is 6.10 Å². The molecule has 1 fully saturated rings. The Labute approximate surface area is 101 Å². The zero-order valence-electron chi connectivity index (χ0n) is 9.76. The van der Waals surface area contributed by atoms with E-state index in [0.717, 1.165) is 25.0 Å². The van der Waals surface area contributed by atoms with Gasteiger partial charge in [0.2, 0.25) is 5.91 Å². The number of benzene rings is 1. The molecule has 4 heteroatoms. The molecule has 2 atom stereocenters. The lowest BCUT2D eigenvalue weighted by Gasteiger charge is -2.15. The Morgan fingerprint density at radius 1 is 1.47 bits per heavy atom. The number of hydrogen-bond donors (Lipinski definition) is 2. The van der Waals surface area contributed by atoms with E-state index >= 15 is 0 Å². The number of carbonyl (C=O) groups excluding carboxylic acids is 1. The number of amides is 1. The molecule has 0 bridgehead atoms. The summed E-state index contributed by atoms with van der Waals surface area (Å²) in [6.45, 7) is 1.35. The van der Waals surface area contributed by atoms with Crippen LogP contribution in [0.25, 0.3) is 0 Å². The van der Waals surface area contributed by atoms with Crippen molar-refractivity contribution in [1.82, 2.24) is 5.32 Å². The zero-order chi connectivity index (χ0) is 12.1. The number of carbonyl (C=O) groups is 1. The van der Waals surface area contributed by atoms with Crippen molar-refractivity contribution in [3.8, 4) is 0 Å². The first-order chi connectivity index (χ1) is 8.27. The molecule has 0 saturated carbocycles. The third kappa shape index (κ3) is 3.28. The fourth-order valence-electron chi connectivity index (χ4n) is 1.94. The van der Waals surface area contributed by atoms with Crippen molar-refractivity contribution in [2.24, 2.45) is 5.73 Å². The molecule has 92 valence electrons. The van der Waals surface area contributed by atoms with Gasteiger partial charge in [0, 0.05) is 13.2 Å². The summed E-state index contributed by atoms with van der Waals surface area (Å²) in [6, 6.07) is 8.77. The minimum atomic E-state index is -0.599. The molecule has 0 aliphatic carbocycles. The van der Waals surface area contributed by atoms with Crippen LogP contribution >= 0.6 is 0 Å². The van der Waals surface area contributed by atoms with Crippen LogP contribution < -0.4 is 11.1 Å². The standard InChI is InChI=1S/C13H18N2O2/c14-12(10-5-2-1-3-6-10)13(16)15-9-11-7-4-8-17-11/h1-3,5-6,11-12H,4,7-9,14H2,(H,15,16)/t11?,12-/m1/s1. The Bertz CT molecular complexity index is 361. The van der Waals surface area contributed by atoms with Crippen LogP contribution in [0.1, 0.15) is 24.4 Å². The van der Waals surface area contributed by atoms with Crippen molar-refractivity contribution in [2.75, 3.05) is 13.2 Å². The second-order valence-corrected chi connectivity index (χ2v) is 4.27. The lowest BCUT2D eigenvalue weighted by molar-refractivity contribution is -0.123. The normalized spacial score (nSPS) is 21.1. The highest BCUT2D eigenvalue weighted by Crippen LogP contribution is 2.12. The second-order valence-electron chi connectivity index (χ2n) is 4.27. The number of nitrogens with two attached hydrogens (primary N) is 1. The first-order valence-electron chi connectivity index (χ1n) is 5.97. The Morgan fingerprint density at radius 3 is 2.88 bits per heavy atom. The maximum absolute atomic E-state index is 11.8. The molecule has 1 aromatic carbocycles. The molecular weight excluding hydrogens is 216 g/mol. The molecule has 1 aliphatic heterocycles. The van der Waals surface area contributed by atoms with Crippen LogP contribution in [0.4, 0.5) is 0 Å². The Kier molecular flexibility index (Phi) is 4.12. The lowest BCUT2D eigenvalue weighted by Crippen LogP contribution is -2.38.